The summed E-state index contributed by atoms with van der Waals surface area (Å²) in [5.41, 5.74) is 1.14. The molecule has 2 N–H and O–H groups in total. The summed E-state index contributed by atoms with van der Waals surface area (Å²) < 4.78 is 11.2. The first kappa shape index (κ1) is 18.6. The average Bonchev–Trinajstić information content (AvgIpc) is 3.02. The monoisotopic (exact) mass is 368 g/mol. The third-order valence-electron chi connectivity index (χ3n) is 3.50. The van der Waals surface area contributed by atoms with Crippen molar-refractivity contribution in [2.75, 3.05) is 27.3 Å². The minimum Gasteiger partial charge on any atom is -0.497 e. The van der Waals surface area contributed by atoms with Crippen molar-refractivity contribution in [1.82, 2.24) is 10.6 Å². The minimum atomic E-state index is -0.215. The third kappa shape index (κ3) is 5.70. The van der Waals surface area contributed by atoms with Gasteiger partial charge in [0.2, 0.25) is 0 Å². The van der Waals surface area contributed by atoms with Gasteiger partial charge in [-0.05, 0) is 36.2 Å². The topological polar surface area (TPSA) is 59.6 Å². The number of hydrogen-bond acceptors (Lipinski definition) is 4. The van der Waals surface area contributed by atoms with Crippen LogP contribution in [0.5, 0.6) is 5.75 Å². The molecule has 2 rings (SSSR count). The number of benzene rings is 1. The number of carbonyl (C=O) groups is 1. The third-order valence-corrected chi connectivity index (χ3v) is 4.83. The highest BCUT2D eigenvalue weighted by atomic mass is 35.5. The van der Waals surface area contributed by atoms with Crippen LogP contribution < -0.4 is 15.4 Å². The van der Waals surface area contributed by atoms with E-state index in [1.165, 1.54) is 11.3 Å². The Morgan fingerprint density at radius 1 is 1.17 bits per heavy atom. The lowest BCUT2D eigenvalue weighted by molar-refractivity contribution is 0.107. The summed E-state index contributed by atoms with van der Waals surface area (Å²) in [7, 11) is 3.25. The van der Waals surface area contributed by atoms with Gasteiger partial charge in [-0.3, -0.25) is 0 Å². The smallest absolute Gasteiger partial charge is 0.314 e. The number of hydrogen-bond donors (Lipinski definition) is 2. The fourth-order valence-corrected chi connectivity index (χ4v) is 3.30. The van der Waals surface area contributed by atoms with Crippen LogP contribution in [-0.2, 0) is 11.2 Å². The van der Waals surface area contributed by atoms with Crippen LogP contribution in [0.25, 0.3) is 0 Å². The number of carbonyl (C=O) groups excluding carboxylic acids is 1. The second-order valence-corrected chi connectivity index (χ2v) is 6.85. The first-order valence-corrected chi connectivity index (χ1v) is 8.74. The van der Waals surface area contributed by atoms with Gasteiger partial charge < -0.3 is 20.1 Å². The average molecular weight is 369 g/mol. The van der Waals surface area contributed by atoms with Gasteiger partial charge in [0.1, 0.15) is 11.9 Å². The number of amides is 2. The number of methoxy groups -OCH3 is 2. The quantitative estimate of drug-likeness (QED) is 0.747. The lowest BCUT2D eigenvalue weighted by Gasteiger charge is -2.15. The van der Waals surface area contributed by atoms with Crippen LogP contribution in [0.2, 0.25) is 4.34 Å². The Bertz CT molecular complexity index is 646. The van der Waals surface area contributed by atoms with E-state index in [9.17, 15) is 4.79 Å². The van der Waals surface area contributed by atoms with Crippen LogP contribution in [0.3, 0.4) is 0 Å². The van der Waals surface area contributed by atoms with Crippen molar-refractivity contribution < 1.29 is 14.3 Å². The molecule has 130 valence electrons. The zero-order chi connectivity index (χ0) is 17.4. The highest BCUT2D eigenvalue weighted by Crippen LogP contribution is 2.28. The molecule has 0 aliphatic rings. The number of thiophene rings is 1. The second-order valence-electron chi connectivity index (χ2n) is 5.10. The maximum Gasteiger partial charge on any atom is 0.314 e. The van der Waals surface area contributed by atoms with E-state index in [0.717, 1.165) is 22.6 Å². The van der Waals surface area contributed by atoms with Crippen LogP contribution in [0.1, 0.15) is 16.5 Å². The normalized spacial score (nSPS) is 11.8. The van der Waals surface area contributed by atoms with Gasteiger partial charge in [-0.1, -0.05) is 23.7 Å². The fraction of sp³-hybridized carbons (Fsp3) is 0.353. The van der Waals surface area contributed by atoms with Crippen molar-refractivity contribution in [2.24, 2.45) is 0 Å². The van der Waals surface area contributed by atoms with E-state index in [1.807, 2.05) is 36.4 Å². The summed E-state index contributed by atoms with van der Waals surface area (Å²) in [6, 6.07) is 11.3. The highest BCUT2D eigenvalue weighted by Gasteiger charge is 2.14. The van der Waals surface area contributed by atoms with Crippen molar-refractivity contribution in [1.29, 1.82) is 0 Å². The predicted molar refractivity (Wildman–Crippen MR) is 97.2 cm³/mol. The number of nitrogens with one attached hydrogen (secondary N) is 2. The molecule has 5 nitrogen and oxygen atoms in total. The molecule has 24 heavy (non-hydrogen) atoms. The summed E-state index contributed by atoms with van der Waals surface area (Å²) in [4.78, 5) is 12.9. The second kappa shape index (κ2) is 9.52. The molecule has 0 saturated heterocycles. The molecule has 2 amide bonds. The molecular weight excluding hydrogens is 348 g/mol. The van der Waals surface area contributed by atoms with Gasteiger partial charge in [0.25, 0.3) is 0 Å². The molecule has 0 aliphatic heterocycles. The Balaban J connectivity index is 1.70. The summed E-state index contributed by atoms with van der Waals surface area (Å²) in [5.74, 6) is 0.823. The first-order chi connectivity index (χ1) is 11.6. The molecule has 0 saturated carbocycles. The van der Waals surface area contributed by atoms with Crippen molar-refractivity contribution in [2.45, 2.75) is 12.5 Å². The lowest BCUT2D eigenvalue weighted by Crippen LogP contribution is -2.38. The van der Waals surface area contributed by atoms with Crippen molar-refractivity contribution in [3.63, 3.8) is 0 Å². The van der Waals surface area contributed by atoms with Gasteiger partial charge >= 0.3 is 6.03 Å². The highest BCUT2D eigenvalue weighted by molar-refractivity contribution is 7.16. The van der Waals surface area contributed by atoms with Crippen LogP contribution in [0.15, 0.2) is 36.4 Å². The number of halogens is 1. The molecule has 0 aliphatic carbocycles. The molecule has 1 atom stereocenters. The molecule has 7 heteroatoms. The van der Waals surface area contributed by atoms with Gasteiger partial charge in [-0.25, -0.2) is 4.79 Å². The summed E-state index contributed by atoms with van der Waals surface area (Å²) in [5, 5.41) is 5.65. The maximum atomic E-state index is 11.9. The van der Waals surface area contributed by atoms with Gasteiger partial charge in [0.15, 0.2) is 0 Å². The van der Waals surface area contributed by atoms with Gasteiger partial charge in [0, 0.05) is 18.5 Å². The SMILES string of the molecule is COc1ccc(CCNC(=O)NCC(OC)c2ccc(Cl)s2)cc1. The Labute approximate surface area is 150 Å². The number of ether oxygens (including phenoxy) is 2. The van der Waals surface area contributed by atoms with Crippen LogP contribution >= 0.6 is 22.9 Å². The Hall–Kier alpha value is -1.76. The van der Waals surface area contributed by atoms with Gasteiger partial charge in [-0.15, -0.1) is 11.3 Å². The van der Waals surface area contributed by atoms with E-state index in [0.29, 0.717) is 17.4 Å². The van der Waals surface area contributed by atoms with Crippen LogP contribution in [-0.4, -0.2) is 33.3 Å². The minimum absolute atomic E-state index is 0.199. The molecule has 0 fully saturated rings. The van der Waals surface area contributed by atoms with Crippen molar-refractivity contribution in [3.8, 4) is 5.75 Å². The van der Waals surface area contributed by atoms with E-state index < -0.39 is 0 Å². The van der Waals surface area contributed by atoms with E-state index >= 15 is 0 Å². The standard InChI is InChI=1S/C17H21ClN2O3S/c1-22-13-5-3-12(4-6-13)9-10-19-17(21)20-11-14(23-2)15-7-8-16(18)24-15/h3-8,14H,9-11H2,1-2H3,(H2,19,20,21). The van der Waals surface area contributed by atoms with Crippen LogP contribution in [0.4, 0.5) is 4.79 Å². The Morgan fingerprint density at radius 2 is 1.92 bits per heavy atom. The molecule has 1 aromatic heterocycles. The molecule has 0 spiro atoms. The number of rotatable bonds is 8. The maximum absolute atomic E-state index is 11.9. The van der Waals surface area contributed by atoms with Gasteiger partial charge in [0.05, 0.1) is 18.0 Å². The first-order valence-electron chi connectivity index (χ1n) is 7.55. The van der Waals surface area contributed by atoms with E-state index in [-0.39, 0.29) is 12.1 Å². The molecule has 1 unspecified atom stereocenters. The number of urea groups is 1. The molecule has 0 bridgehead atoms. The Kier molecular flexibility index (Phi) is 7.36. The molecule has 1 heterocycles. The lowest BCUT2D eigenvalue weighted by atomic mass is 10.1. The molecular formula is C17H21ClN2O3S. The predicted octanol–water partition coefficient (Wildman–Crippen LogP) is 3.64. The van der Waals surface area contributed by atoms with E-state index in [4.69, 9.17) is 21.1 Å². The zero-order valence-corrected chi connectivity index (χ0v) is 15.2. The van der Waals surface area contributed by atoms with Crippen LogP contribution in [0, 0.1) is 0 Å². The summed E-state index contributed by atoms with van der Waals surface area (Å²) >= 11 is 7.37. The largest absolute Gasteiger partial charge is 0.497 e. The fourth-order valence-electron chi connectivity index (χ4n) is 2.16. The molecule has 2 aromatic rings. The van der Waals surface area contributed by atoms with E-state index in [2.05, 4.69) is 10.6 Å². The molecule has 1 aromatic carbocycles. The summed E-state index contributed by atoms with van der Waals surface area (Å²) in [6.07, 6.45) is 0.556. The molecule has 0 radical (unpaired) electrons. The zero-order valence-electron chi connectivity index (χ0n) is 13.7. The van der Waals surface area contributed by atoms with Crippen molar-refractivity contribution >= 4 is 29.0 Å². The van der Waals surface area contributed by atoms with Crippen molar-refractivity contribution in [3.05, 3.63) is 51.2 Å². The van der Waals surface area contributed by atoms with Gasteiger partial charge in [-0.2, -0.15) is 0 Å². The summed E-state index contributed by atoms with van der Waals surface area (Å²) in [6.45, 7) is 0.947. The van der Waals surface area contributed by atoms with E-state index in [1.54, 1.807) is 14.2 Å². The Morgan fingerprint density at radius 3 is 2.50 bits per heavy atom.